The van der Waals surface area contributed by atoms with E-state index in [2.05, 4.69) is 41.4 Å². The van der Waals surface area contributed by atoms with Crippen LogP contribution in [-0.2, 0) is 19.7 Å². The summed E-state index contributed by atoms with van der Waals surface area (Å²) >= 11 is 12.1. The van der Waals surface area contributed by atoms with Crippen molar-refractivity contribution in [2.24, 2.45) is 16.3 Å². The van der Waals surface area contributed by atoms with Crippen molar-refractivity contribution in [3.05, 3.63) is 52.4 Å². The Morgan fingerprint density at radius 1 is 1.29 bits per heavy atom. The standard InChI is InChI=1S/C31H39Cl2FN4O4/c1-17(39)24-8-6-20(16-42-24)36-27(40)26-25(22(34)9-14-35-18(2)32)31(30(38-26)12-10-29(3,4)11-13-30)21-7-5-19(33)15-23(21)37-28(31)41/h5,7,9,14-15,17,20,24-26,38-39H,2,6,8,10-13,16H2,1,3-4H3,(H,36,40)(H,37,41)/b22-9-,35-14-/t17?,20-,24+,25+,26-,31-/m1/s1. The van der Waals surface area contributed by atoms with E-state index in [0.29, 0.717) is 42.0 Å². The zero-order valence-electron chi connectivity index (χ0n) is 24.2. The molecule has 5 rings (SSSR count). The van der Waals surface area contributed by atoms with Crippen molar-refractivity contribution in [3.8, 4) is 0 Å². The molecular weight excluding hydrogens is 582 g/mol. The Morgan fingerprint density at radius 3 is 2.62 bits per heavy atom. The second-order valence-electron chi connectivity index (χ2n) is 12.9. The monoisotopic (exact) mass is 620 g/mol. The summed E-state index contributed by atoms with van der Waals surface area (Å²) in [5.74, 6) is -2.64. The predicted octanol–water partition coefficient (Wildman–Crippen LogP) is 5.14. The summed E-state index contributed by atoms with van der Waals surface area (Å²) in [6.45, 7) is 9.79. The molecule has 2 saturated heterocycles. The SMILES string of the molecule is C=C(Cl)/N=C\C=C(/F)[C@H]1[C@H](C(=O)N[C@@H]2CC[C@@H](C(C)O)OC2)NC2(CCC(C)(C)CC2)[C@@]12C(=O)Nc1cc(Cl)ccc12. The first-order valence-electron chi connectivity index (χ1n) is 14.5. The molecular formula is C31H39Cl2FN4O4. The molecule has 2 amide bonds. The number of aliphatic hydroxyl groups is 1. The first-order valence-corrected chi connectivity index (χ1v) is 15.3. The Labute approximate surface area is 256 Å². The Morgan fingerprint density at radius 2 is 2.00 bits per heavy atom. The minimum absolute atomic E-state index is 0.0232. The van der Waals surface area contributed by atoms with Gasteiger partial charge in [-0.3, -0.25) is 14.9 Å². The highest BCUT2D eigenvalue weighted by Gasteiger charge is 2.73. The predicted molar refractivity (Wildman–Crippen MR) is 162 cm³/mol. The van der Waals surface area contributed by atoms with Crippen molar-refractivity contribution >= 4 is 46.9 Å². The maximum Gasteiger partial charge on any atom is 0.238 e. The lowest BCUT2D eigenvalue weighted by molar-refractivity contribution is -0.127. The quantitative estimate of drug-likeness (QED) is 0.260. The molecule has 1 aromatic carbocycles. The first kappa shape index (κ1) is 31.1. The van der Waals surface area contributed by atoms with Crippen molar-refractivity contribution in [1.29, 1.82) is 0 Å². The van der Waals surface area contributed by atoms with E-state index < -0.39 is 40.8 Å². The van der Waals surface area contributed by atoms with Crippen LogP contribution in [0, 0.1) is 11.3 Å². The summed E-state index contributed by atoms with van der Waals surface area (Å²) in [6, 6.07) is 3.76. The molecule has 228 valence electrons. The third-order valence-corrected chi connectivity index (χ3v) is 10.0. The molecule has 1 aromatic rings. The molecule has 1 unspecified atom stereocenters. The third kappa shape index (κ3) is 5.43. The minimum Gasteiger partial charge on any atom is -0.391 e. The summed E-state index contributed by atoms with van der Waals surface area (Å²) < 4.78 is 22.4. The van der Waals surface area contributed by atoms with Crippen LogP contribution in [0.25, 0.3) is 0 Å². The van der Waals surface area contributed by atoms with Gasteiger partial charge in [0.05, 0.1) is 36.8 Å². The summed E-state index contributed by atoms with van der Waals surface area (Å²) in [5.41, 5.74) is -1.17. The topological polar surface area (TPSA) is 112 Å². The van der Waals surface area contributed by atoms with Crippen molar-refractivity contribution in [1.82, 2.24) is 10.6 Å². The highest BCUT2D eigenvalue weighted by molar-refractivity contribution is 6.31. The van der Waals surface area contributed by atoms with E-state index in [-0.39, 0.29) is 35.2 Å². The number of hydrogen-bond acceptors (Lipinski definition) is 6. The number of carbonyl (C=O) groups is 2. The number of aliphatic hydroxyl groups excluding tert-OH is 1. The molecule has 8 nitrogen and oxygen atoms in total. The van der Waals surface area contributed by atoms with Gasteiger partial charge in [0, 0.05) is 22.5 Å². The van der Waals surface area contributed by atoms with E-state index in [0.717, 1.165) is 18.9 Å². The average Bonchev–Trinajstić information content (AvgIpc) is 3.38. The van der Waals surface area contributed by atoms with Gasteiger partial charge in [0.2, 0.25) is 11.8 Å². The highest BCUT2D eigenvalue weighted by Crippen LogP contribution is 2.62. The molecule has 3 aliphatic heterocycles. The van der Waals surface area contributed by atoms with Gasteiger partial charge in [-0.05, 0) is 74.6 Å². The minimum atomic E-state index is -1.43. The number of nitrogens with one attached hydrogen (secondary N) is 3. The van der Waals surface area contributed by atoms with Gasteiger partial charge in [-0.15, -0.1) is 0 Å². The third-order valence-electron chi connectivity index (χ3n) is 9.68. The van der Waals surface area contributed by atoms with Crippen LogP contribution in [0.3, 0.4) is 0 Å². The molecule has 3 heterocycles. The Bertz CT molecular complexity index is 1310. The number of anilines is 1. The smallest absolute Gasteiger partial charge is 0.238 e. The van der Waals surface area contributed by atoms with Gasteiger partial charge >= 0.3 is 0 Å². The molecule has 1 aliphatic carbocycles. The summed E-state index contributed by atoms with van der Waals surface area (Å²) in [4.78, 5) is 32.3. The lowest BCUT2D eigenvalue weighted by atomic mass is 9.54. The zero-order valence-corrected chi connectivity index (χ0v) is 25.7. The van der Waals surface area contributed by atoms with Crippen LogP contribution < -0.4 is 16.0 Å². The number of benzene rings is 1. The Balaban J connectivity index is 1.60. The fraction of sp³-hybridized carbons (Fsp3) is 0.581. The molecule has 2 spiro atoms. The van der Waals surface area contributed by atoms with Crippen molar-refractivity contribution in [2.75, 3.05) is 11.9 Å². The molecule has 42 heavy (non-hydrogen) atoms. The molecule has 0 bridgehead atoms. The lowest BCUT2D eigenvalue weighted by Gasteiger charge is -2.50. The number of halogens is 3. The van der Waals surface area contributed by atoms with Crippen molar-refractivity contribution < 1.29 is 23.8 Å². The number of aliphatic imine (C=N–C) groups is 1. The van der Waals surface area contributed by atoms with Crippen LogP contribution in [0.5, 0.6) is 0 Å². The van der Waals surface area contributed by atoms with Gasteiger partial charge in [-0.1, -0.05) is 49.7 Å². The van der Waals surface area contributed by atoms with E-state index in [1.54, 1.807) is 25.1 Å². The number of hydrogen-bond donors (Lipinski definition) is 4. The Hall–Kier alpha value is -2.30. The number of allylic oxidation sites excluding steroid dienone is 1. The molecule has 0 aromatic heterocycles. The summed E-state index contributed by atoms with van der Waals surface area (Å²) in [5, 5.41) is 19.9. The summed E-state index contributed by atoms with van der Waals surface area (Å²) in [6.07, 6.45) is 5.34. The highest BCUT2D eigenvalue weighted by atomic mass is 35.5. The molecule has 11 heteroatoms. The fourth-order valence-electron chi connectivity index (χ4n) is 7.46. The van der Waals surface area contributed by atoms with E-state index in [1.165, 1.54) is 6.21 Å². The van der Waals surface area contributed by atoms with E-state index in [1.807, 2.05) is 0 Å². The van der Waals surface area contributed by atoms with Crippen LogP contribution in [0.2, 0.25) is 5.02 Å². The molecule has 4 N–H and O–H groups in total. The summed E-state index contributed by atoms with van der Waals surface area (Å²) in [7, 11) is 0. The largest absolute Gasteiger partial charge is 0.391 e. The van der Waals surface area contributed by atoms with Crippen molar-refractivity contribution in [2.45, 2.75) is 94.5 Å². The molecule has 4 aliphatic rings. The van der Waals surface area contributed by atoms with E-state index in [9.17, 15) is 14.7 Å². The fourth-order valence-corrected chi connectivity index (χ4v) is 7.69. The van der Waals surface area contributed by atoms with Gasteiger partial charge in [-0.2, -0.15) is 0 Å². The van der Waals surface area contributed by atoms with Gasteiger partial charge in [0.15, 0.2) is 0 Å². The van der Waals surface area contributed by atoms with Gasteiger partial charge < -0.3 is 20.5 Å². The van der Waals surface area contributed by atoms with Gasteiger partial charge in [0.1, 0.15) is 16.4 Å². The number of amides is 2. The van der Waals surface area contributed by atoms with Crippen LogP contribution in [0.1, 0.15) is 64.9 Å². The van der Waals surface area contributed by atoms with E-state index in [4.69, 9.17) is 27.9 Å². The van der Waals surface area contributed by atoms with Crippen LogP contribution in [0.4, 0.5) is 10.1 Å². The maximum absolute atomic E-state index is 16.6. The normalized spacial score (nSPS) is 32.6. The molecule has 1 saturated carbocycles. The maximum atomic E-state index is 16.6. The number of fused-ring (bicyclic) bond motifs is 3. The molecule has 6 atom stereocenters. The second kappa shape index (κ2) is 11.7. The Kier molecular flexibility index (Phi) is 8.64. The number of nitrogens with zero attached hydrogens (tertiary/aromatic N) is 1. The lowest BCUT2D eigenvalue weighted by Crippen LogP contribution is -2.62. The second-order valence-corrected chi connectivity index (χ2v) is 13.8. The number of ether oxygens (including phenoxy) is 1. The number of rotatable bonds is 6. The van der Waals surface area contributed by atoms with E-state index >= 15 is 4.39 Å². The van der Waals surface area contributed by atoms with Crippen LogP contribution in [0.15, 0.2) is 46.8 Å². The first-order chi connectivity index (χ1) is 19.8. The average molecular weight is 622 g/mol. The van der Waals surface area contributed by atoms with Crippen LogP contribution >= 0.6 is 23.2 Å². The molecule has 3 fully saturated rings. The zero-order chi connectivity index (χ0) is 30.4. The molecule has 0 radical (unpaired) electrons. The number of carbonyl (C=O) groups excluding carboxylic acids is 2. The van der Waals surface area contributed by atoms with Gasteiger partial charge in [-0.25, -0.2) is 9.38 Å². The van der Waals surface area contributed by atoms with Crippen LogP contribution in [-0.4, -0.2) is 59.6 Å². The van der Waals surface area contributed by atoms with Crippen molar-refractivity contribution in [3.63, 3.8) is 0 Å². The van der Waals surface area contributed by atoms with Gasteiger partial charge in [0.25, 0.3) is 0 Å².